The van der Waals surface area contributed by atoms with Crippen LogP contribution in [0.15, 0.2) is 73.8 Å². The highest BCUT2D eigenvalue weighted by Gasteiger charge is 2.81. The van der Waals surface area contributed by atoms with Gasteiger partial charge in [-0.2, -0.15) is 0 Å². The summed E-state index contributed by atoms with van der Waals surface area (Å²) in [6, 6.07) is 9.40. The summed E-state index contributed by atoms with van der Waals surface area (Å²) in [7, 11) is 1.63. The predicted octanol–water partition coefficient (Wildman–Crippen LogP) is 13.7. The summed E-state index contributed by atoms with van der Waals surface area (Å²) in [5, 5.41) is 0.289. The summed E-state index contributed by atoms with van der Waals surface area (Å²) >= 11 is 6.49. The van der Waals surface area contributed by atoms with E-state index in [4.69, 9.17) is 9.47 Å². The van der Waals surface area contributed by atoms with Gasteiger partial charge in [-0.3, -0.25) is 9.59 Å². The zero-order valence-corrected chi connectivity index (χ0v) is 57.9. The van der Waals surface area contributed by atoms with Gasteiger partial charge in [0.2, 0.25) is 0 Å². The highest BCUT2D eigenvalue weighted by Crippen LogP contribution is 2.80. The minimum atomic E-state index is -0.766. The molecular weight excluding hydrogens is 1220 g/mol. The summed E-state index contributed by atoms with van der Waals surface area (Å²) in [5.41, 5.74) is -3.81. The maximum atomic E-state index is 15.0. The zero-order valence-electron chi connectivity index (χ0n) is 54.7. The van der Waals surface area contributed by atoms with Crippen LogP contribution in [0, 0.1) is 79.8 Å². The Morgan fingerprint density at radius 1 is 0.506 bits per heavy atom. The molecule has 18 atom stereocenters. The number of esters is 2. The summed E-state index contributed by atoms with van der Waals surface area (Å²) in [4.78, 5) is 82.9. The number of carbonyl (C=O) groups excluding carboxylic acids is 2. The first-order valence-corrected chi connectivity index (χ1v) is 36.2. The molecule has 15 rings (SSSR count). The van der Waals surface area contributed by atoms with Gasteiger partial charge < -0.3 is 9.47 Å². The lowest BCUT2D eigenvalue weighted by atomic mass is 9.36. The molecule has 2 aromatic heterocycles. The maximum absolute atomic E-state index is 15.0. The average molecular weight is 1330 g/mol. The van der Waals surface area contributed by atoms with Gasteiger partial charge in [0.05, 0.1) is 27.8 Å². The van der Waals surface area contributed by atoms with E-state index < -0.39 is 22.2 Å². The van der Waals surface area contributed by atoms with Crippen LogP contribution < -0.4 is 22.8 Å². The molecule has 0 radical (unpaired) electrons. The van der Waals surface area contributed by atoms with Gasteiger partial charge in [0.1, 0.15) is 22.9 Å². The Hall–Kier alpha value is -3.92. The Morgan fingerprint density at radius 2 is 0.897 bits per heavy atom. The van der Waals surface area contributed by atoms with Crippen LogP contribution in [0.3, 0.4) is 0 Å². The van der Waals surface area contributed by atoms with Crippen molar-refractivity contribution in [2.75, 3.05) is 10.7 Å². The number of para-hydroxylation sites is 1. The Morgan fingerprint density at radius 3 is 1.32 bits per heavy atom. The minimum Gasteiger partial charge on any atom is -0.462 e. The molecule has 0 N–H and O–H groups in total. The fourth-order valence-electron chi connectivity index (χ4n) is 23.6. The third-order valence-electron chi connectivity index (χ3n) is 28.2. The molecule has 4 bridgehead atoms. The van der Waals surface area contributed by atoms with E-state index in [1.54, 1.807) is 7.05 Å². The lowest BCUT2D eigenvalue weighted by molar-refractivity contribution is -0.232. The van der Waals surface area contributed by atoms with Crippen molar-refractivity contribution >= 4 is 43.8 Å². The number of fused-ring (bicyclic) bond motifs is 2. The fraction of sp³-hybridized carbons (Fsp3) is 0.775. The number of nitrogens with zero attached hydrogens (tertiary/aromatic N) is 6. The van der Waals surface area contributed by atoms with Crippen molar-refractivity contribution in [2.24, 2.45) is 86.9 Å². The Balaban J connectivity index is 0.000000171. The van der Waals surface area contributed by atoms with E-state index in [0.717, 1.165) is 82.5 Å². The number of allylic oxidation sites excluding steroid dienone is 4. The van der Waals surface area contributed by atoms with Crippen LogP contribution in [0.5, 0.6) is 0 Å². The quantitative estimate of drug-likeness (QED) is 0.0829. The second kappa shape index (κ2) is 21.6. The van der Waals surface area contributed by atoms with Crippen molar-refractivity contribution in [3.05, 3.63) is 96.6 Å². The lowest BCUT2D eigenvalue weighted by Crippen LogP contribution is -2.78. The molecule has 12 aliphatic rings. The van der Waals surface area contributed by atoms with E-state index in [0.29, 0.717) is 42.2 Å². The Kier molecular flexibility index (Phi) is 15.7. The summed E-state index contributed by atoms with van der Waals surface area (Å²) in [6.07, 6.45) is 29.4. The van der Waals surface area contributed by atoms with Gasteiger partial charge in [0, 0.05) is 41.5 Å². The van der Waals surface area contributed by atoms with E-state index in [9.17, 15) is 28.8 Å². The molecule has 4 aliphatic heterocycles. The molecule has 16 heteroatoms. The van der Waals surface area contributed by atoms with Gasteiger partial charge in [-0.25, -0.2) is 47.0 Å². The number of hydrogen-bond donors (Lipinski definition) is 0. The van der Waals surface area contributed by atoms with Crippen molar-refractivity contribution < 1.29 is 19.1 Å². The molecule has 6 heterocycles. The smallest absolute Gasteiger partial charge is 0.352 e. The van der Waals surface area contributed by atoms with Gasteiger partial charge in [-0.15, -0.1) is 0 Å². The fourth-order valence-corrected chi connectivity index (χ4v) is 23.8. The van der Waals surface area contributed by atoms with Crippen molar-refractivity contribution in [3.8, 4) is 5.69 Å². The van der Waals surface area contributed by atoms with Crippen LogP contribution in [0.4, 0.5) is 0 Å². The zero-order chi connectivity index (χ0) is 62.6. The largest absolute Gasteiger partial charge is 0.462 e. The number of aromatic nitrogens is 6. The minimum absolute atomic E-state index is 0.0244. The number of hydrogen-bond acceptors (Lipinski definition) is 8. The summed E-state index contributed by atoms with van der Waals surface area (Å²) in [6.45, 7) is 28.9. The van der Waals surface area contributed by atoms with Gasteiger partial charge in [-0.1, -0.05) is 196 Å². The third kappa shape index (κ3) is 8.15. The molecule has 6 fully saturated rings. The number of carbonyl (C=O) groups is 2. The monoisotopic (exact) mass is 1320 g/mol. The first-order valence-electron chi connectivity index (χ1n) is 33.9. The average Bonchev–Trinajstić information content (AvgIpc) is 1.63. The molecule has 478 valence electrons. The molecular formula is C71H102Br2N6O8. The first kappa shape index (κ1) is 63.2. The number of rotatable bonds is 15. The van der Waals surface area contributed by atoms with Crippen LogP contribution in [0.2, 0.25) is 0 Å². The molecule has 4 spiro atoms. The molecule has 0 amide bonds. The highest BCUT2D eigenvalue weighted by atomic mass is 79.9. The SMILES string of the molecule is CC(C)CCC[C@@H](C)C1CC[C@@]2(C)C34C=CC5(C[C@@H](OC(=O)CBr)CC[C@]5(C)[C@H]3CC[C@]12C)n1c(=O)n(-c2ccccc2)c(=O)n14.CC(C)CCC[C@@H](C)C1CC[C@@]2(C)C34C=CC5(C[C@@H](OC(=O)CBr)CC[C@]5(C)[C@H]3CC[C@]12C)n1c(=O)n(C)c(=O)n14. The van der Waals surface area contributed by atoms with Crippen molar-refractivity contribution in [2.45, 2.75) is 246 Å². The maximum Gasteiger partial charge on any atom is 0.352 e. The van der Waals surface area contributed by atoms with Crippen molar-refractivity contribution in [3.63, 3.8) is 0 Å². The van der Waals surface area contributed by atoms with Crippen molar-refractivity contribution in [1.82, 2.24) is 27.9 Å². The Labute approximate surface area is 533 Å². The summed E-state index contributed by atoms with van der Waals surface area (Å²) < 4.78 is 22.1. The van der Waals surface area contributed by atoms with Crippen LogP contribution in [0.1, 0.15) is 212 Å². The normalized spacial score (nSPS) is 41.1. The second-order valence-electron chi connectivity index (χ2n) is 32.2. The molecule has 3 aromatic rings. The van der Waals surface area contributed by atoms with Crippen LogP contribution >= 0.6 is 31.9 Å². The standard InChI is InChI=1S/C38H52BrN3O4.C33H50BrN3O4/c1-25(2)11-10-12-26(3)29-16-20-36(6)34(29,4)19-17-30-35(5)18-15-28(46-31(43)24-39)23-37(35)21-22-38(30,36)42-33(45)40(32(44)41(37)42)27-13-8-7-9-14-27;1-21(2)9-8-10-22(3)24-12-16-31(6)29(24,4)15-13-25-30(5)14-11-23(41-26(38)20-34)19-32(30)17-18-33(25,31)37-28(40)35(7)27(39)36(32)37/h7-9,13-14,21-22,25-26,28-30H,10-12,15-20,23-24H2,1-6H3;17-18,21-25H,8-16,19-20H2,1-7H3/t26-,28+,29?,30-,34-,35-,36-,37?,38?;22-,23+,24?,25-,29-,30-,31-,32?,33?/m11/s1. The number of benzene rings is 1. The van der Waals surface area contributed by atoms with Crippen LogP contribution in [-0.4, -0.2) is 62.7 Å². The van der Waals surface area contributed by atoms with Gasteiger partial charge >= 0.3 is 34.7 Å². The molecule has 0 saturated heterocycles. The van der Waals surface area contributed by atoms with E-state index >= 15 is 0 Å². The first-order chi connectivity index (χ1) is 41.0. The van der Waals surface area contributed by atoms with Crippen molar-refractivity contribution in [1.29, 1.82) is 0 Å². The number of ether oxygens (including phenoxy) is 2. The number of halogens is 2. The number of alkyl halides is 2. The lowest BCUT2D eigenvalue weighted by Gasteiger charge is -2.74. The van der Waals surface area contributed by atoms with E-state index in [2.05, 4.69) is 139 Å². The molecule has 1 aromatic carbocycles. The Bertz CT molecular complexity index is 3520. The van der Waals surface area contributed by atoms with Gasteiger partial charge in [0.25, 0.3) is 0 Å². The van der Waals surface area contributed by atoms with Gasteiger partial charge in [0.15, 0.2) is 0 Å². The van der Waals surface area contributed by atoms with Crippen LogP contribution in [-0.2, 0) is 48.3 Å². The van der Waals surface area contributed by atoms with E-state index in [-0.39, 0.29) is 102 Å². The molecule has 6 saturated carbocycles. The van der Waals surface area contributed by atoms with Gasteiger partial charge in [-0.05, 0) is 147 Å². The topological polar surface area (TPSA) is 150 Å². The second-order valence-corrected chi connectivity index (χ2v) is 33.3. The van der Waals surface area contributed by atoms with Crippen LogP contribution in [0.25, 0.3) is 5.69 Å². The highest BCUT2D eigenvalue weighted by molar-refractivity contribution is 9.09. The van der Waals surface area contributed by atoms with E-state index in [1.807, 2.05) is 49.1 Å². The summed E-state index contributed by atoms with van der Waals surface area (Å²) in [5.74, 6) is 3.72. The van der Waals surface area contributed by atoms with E-state index in [1.165, 1.54) is 54.1 Å². The molecule has 87 heavy (non-hydrogen) atoms. The molecule has 6 unspecified atom stereocenters. The molecule has 8 aliphatic carbocycles. The predicted molar refractivity (Wildman–Crippen MR) is 349 cm³/mol. The third-order valence-corrected chi connectivity index (χ3v) is 29.1. The molecule has 14 nitrogen and oxygen atoms in total.